The summed E-state index contributed by atoms with van der Waals surface area (Å²) >= 11 is 0. The predicted molar refractivity (Wildman–Crippen MR) is 195 cm³/mol. The number of methoxy groups -OCH3 is 2. The number of H-pyrrole nitrogens is 2. The van der Waals surface area contributed by atoms with Crippen molar-refractivity contribution in [3.63, 3.8) is 0 Å². The van der Waals surface area contributed by atoms with Crippen LogP contribution in [0.4, 0.5) is 0 Å². The number of hydrogen-bond acceptors (Lipinski definition) is 6. The number of aliphatic hydroxyl groups is 1. The van der Waals surface area contributed by atoms with Crippen molar-refractivity contribution in [3.05, 3.63) is 143 Å². The van der Waals surface area contributed by atoms with Gasteiger partial charge in [0.15, 0.2) is 23.0 Å². The molecule has 6 rings (SSSR count). The summed E-state index contributed by atoms with van der Waals surface area (Å²) in [5, 5.41) is 35.2. The van der Waals surface area contributed by atoms with Gasteiger partial charge in [-0.25, -0.2) is 0 Å². The average Bonchev–Trinajstić information content (AvgIpc) is 3.84. The maximum absolute atomic E-state index is 14.1. The van der Waals surface area contributed by atoms with Crippen LogP contribution in [0.2, 0.25) is 0 Å². The molecule has 0 saturated carbocycles. The molecule has 0 spiro atoms. The van der Waals surface area contributed by atoms with E-state index in [1.807, 2.05) is 61.2 Å². The van der Waals surface area contributed by atoms with E-state index < -0.39 is 12.0 Å². The maximum Gasteiger partial charge on any atom is 0.164 e. The van der Waals surface area contributed by atoms with Gasteiger partial charge in [0.2, 0.25) is 0 Å². The molecule has 258 valence electrons. The largest absolute Gasteiger partial charge is 0.504 e. The number of carbonyl (C=O) groups is 1. The summed E-state index contributed by atoms with van der Waals surface area (Å²) in [5.74, 6) is 0.114. The number of aromatic nitrogens is 2. The number of Topliss-reactive ketones (excluding diaryl/α,β-unsaturated/α-hetero) is 1. The first-order valence-corrected chi connectivity index (χ1v) is 17.0. The lowest BCUT2D eigenvalue weighted by molar-refractivity contribution is -0.125. The molecule has 0 aliphatic carbocycles. The highest BCUT2D eigenvalue weighted by Crippen LogP contribution is 2.37. The lowest BCUT2D eigenvalue weighted by atomic mass is 9.81. The van der Waals surface area contributed by atoms with Crippen molar-refractivity contribution in [1.29, 1.82) is 0 Å². The Morgan fingerprint density at radius 1 is 0.720 bits per heavy atom. The zero-order valence-electron chi connectivity index (χ0n) is 28.4. The molecule has 0 radical (unpaired) electrons. The number of rotatable bonds is 16. The first-order chi connectivity index (χ1) is 24.3. The molecule has 0 bridgehead atoms. The molecule has 8 heteroatoms. The van der Waals surface area contributed by atoms with E-state index in [1.54, 1.807) is 31.4 Å². The molecule has 5 N–H and O–H groups in total. The smallest absolute Gasteiger partial charge is 0.164 e. The van der Waals surface area contributed by atoms with Crippen molar-refractivity contribution in [1.82, 2.24) is 9.97 Å². The zero-order valence-corrected chi connectivity index (χ0v) is 28.4. The van der Waals surface area contributed by atoms with Crippen molar-refractivity contribution >= 4 is 16.6 Å². The summed E-state index contributed by atoms with van der Waals surface area (Å²) < 4.78 is 11.1. The fraction of sp³-hybridized carbons (Fsp3) is 0.262. The molecule has 0 aliphatic rings. The van der Waals surface area contributed by atoms with E-state index in [1.165, 1.54) is 7.11 Å². The maximum atomic E-state index is 14.1. The van der Waals surface area contributed by atoms with E-state index in [9.17, 15) is 20.1 Å². The topological polar surface area (TPSA) is 128 Å². The Bertz CT molecular complexity index is 2010. The number of ether oxygens (including phenoxy) is 2. The van der Waals surface area contributed by atoms with Gasteiger partial charge in [0.25, 0.3) is 0 Å². The Kier molecular flexibility index (Phi) is 10.9. The summed E-state index contributed by atoms with van der Waals surface area (Å²) in [4.78, 5) is 20.3. The van der Waals surface area contributed by atoms with Gasteiger partial charge in [-0.1, -0.05) is 54.6 Å². The van der Waals surface area contributed by atoms with Crippen LogP contribution in [0.5, 0.6) is 23.0 Å². The van der Waals surface area contributed by atoms with Gasteiger partial charge in [0.1, 0.15) is 5.78 Å². The number of aromatic amines is 2. The number of benzene rings is 4. The average molecular weight is 673 g/mol. The summed E-state index contributed by atoms with van der Waals surface area (Å²) in [5.41, 5.74) is 5.79. The predicted octanol–water partition coefficient (Wildman–Crippen LogP) is 7.34. The Hall–Kier alpha value is -5.47. The van der Waals surface area contributed by atoms with Crippen molar-refractivity contribution < 1.29 is 29.6 Å². The number of aromatic hydroxyl groups is 2. The number of fused-ring (bicyclic) bond motifs is 1. The summed E-state index contributed by atoms with van der Waals surface area (Å²) in [6.45, 7) is 0. The van der Waals surface area contributed by atoms with Gasteiger partial charge >= 0.3 is 0 Å². The Morgan fingerprint density at radius 3 is 2.14 bits per heavy atom. The van der Waals surface area contributed by atoms with Gasteiger partial charge in [-0.15, -0.1) is 0 Å². The zero-order chi connectivity index (χ0) is 35.0. The van der Waals surface area contributed by atoms with E-state index in [0.29, 0.717) is 43.6 Å². The Balaban J connectivity index is 1.29. The third kappa shape index (κ3) is 8.04. The molecular formula is C42H44N2O6. The summed E-state index contributed by atoms with van der Waals surface area (Å²) in [6.07, 6.45) is 9.02. The van der Waals surface area contributed by atoms with Crippen LogP contribution in [0, 0.1) is 11.8 Å². The number of nitrogens with one attached hydrogen (secondary N) is 2. The molecule has 6 aromatic rings. The van der Waals surface area contributed by atoms with Crippen LogP contribution in [-0.2, 0) is 36.9 Å². The van der Waals surface area contributed by atoms with Gasteiger partial charge in [-0.3, -0.25) is 4.79 Å². The SMILES string of the molecule is COc1cc(CC(Cc2cc[nH]c2)C(=O)CC(O)C(Cc2cc[nH]c2)Cc2ccc(O)c(OC)c2Cc2cccc3ccccc23)ccc1O. The molecular weight excluding hydrogens is 628 g/mol. The number of aliphatic hydroxyl groups excluding tert-OH is 1. The molecule has 3 atom stereocenters. The quantitative estimate of drug-likeness (QED) is 0.0733. The highest BCUT2D eigenvalue weighted by Gasteiger charge is 2.29. The fourth-order valence-electron chi connectivity index (χ4n) is 7.06. The van der Waals surface area contributed by atoms with Crippen molar-refractivity contribution in [2.45, 2.75) is 44.6 Å². The number of carbonyl (C=O) groups excluding carboxylic acids is 1. The molecule has 4 aromatic carbocycles. The van der Waals surface area contributed by atoms with Crippen molar-refractivity contribution in [2.24, 2.45) is 11.8 Å². The Morgan fingerprint density at radius 2 is 1.42 bits per heavy atom. The molecule has 0 aliphatic heterocycles. The summed E-state index contributed by atoms with van der Waals surface area (Å²) in [6, 6.07) is 27.1. The monoisotopic (exact) mass is 672 g/mol. The van der Waals surface area contributed by atoms with Gasteiger partial charge in [0, 0.05) is 49.1 Å². The second kappa shape index (κ2) is 15.8. The van der Waals surface area contributed by atoms with Crippen molar-refractivity contribution in [2.75, 3.05) is 14.2 Å². The minimum absolute atomic E-state index is 0.0206. The molecule has 50 heavy (non-hydrogen) atoms. The minimum atomic E-state index is -0.939. The normalized spacial score (nSPS) is 13.2. The number of hydrogen-bond donors (Lipinski definition) is 5. The fourth-order valence-corrected chi connectivity index (χ4v) is 7.06. The van der Waals surface area contributed by atoms with E-state index in [0.717, 1.165) is 44.2 Å². The van der Waals surface area contributed by atoms with Crippen LogP contribution in [0.3, 0.4) is 0 Å². The summed E-state index contributed by atoms with van der Waals surface area (Å²) in [7, 11) is 3.06. The van der Waals surface area contributed by atoms with Crippen LogP contribution in [0.15, 0.2) is 110 Å². The highest BCUT2D eigenvalue weighted by molar-refractivity contribution is 5.86. The molecule has 0 fully saturated rings. The highest BCUT2D eigenvalue weighted by atomic mass is 16.5. The van der Waals surface area contributed by atoms with E-state index >= 15 is 0 Å². The molecule has 2 aromatic heterocycles. The van der Waals surface area contributed by atoms with Crippen molar-refractivity contribution in [3.8, 4) is 23.0 Å². The molecule has 0 saturated heterocycles. The van der Waals surface area contributed by atoms with Crippen LogP contribution >= 0.6 is 0 Å². The first-order valence-electron chi connectivity index (χ1n) is 17.0. The van der Waals surface area contributed by atoms with E-state index in [2.05, 4.69) is 34.2 Å². The standard InChI is InChI=1S/C42H44N2O6/c1-49-41-21-27(10-12-37(41)45)18-33(19-28-14-16-43-25-28)39(47)24-40(48)34(20-29-15-17-44-26-29)22-32-11-13-38(46)42(50-2)36(32)23-31-8-5-7-30-6-3-4-9-35(30)31/h3-17,21,25-26,33-34,40,43-46,48H,18-20,22-24H2,1-2H3. The molecule has 8 nitrogen and oxygen atoms in total. The second-order valence-electron chi connectivity index (χ2n) is 13.0. The van der Waals surface area contributed by atoms with Gasteiger partial charge in [-0.2, -0.15) is 0 Å². The Labute approximate surface area is 292 Å². The second-order valence-corrected chi connectivity index (χ2v) is 13.0. The van der Waals surface area contributed by atoms with Crippen LogP contribution in [-0.4, -0.2) is 51.4 Å². The van der Waals surface area contributed by atoms with Gasteiger partial charge in [0.05, 0.1) is 20.3 Å². The number of ketones is 1. The lowest BCUT2D eigenvalue weighted by Crippen LogP contribution is -2.31. The first kappa shape index (κ1) is 34.4. The molecule has 0 amide bonds. The number of phenolic OH excluding ortho intramolecular Hbond substituents is 2. The van der Waals surface area contributed by atoms with E-state index in [4.69, 9.17) is 9.47 Å². The van der Waals surface area contributed by atoms with Crippen LogP contribution < -0.4 is 9.47 Å². The third-order valence-corrected chi connectivity index (χ3v) is 9.71. The molecule has 2 heterocycles. The lowest BCUT2D eigenvalue weighted by Gasteiger charge is -2.26. The third-order valence-electron chi connectivity index (χ3n) is 9.71. The number of phenols is 2. The van der Waals surface area contributed by atoms with Crippen LogP contribution in [0.1, 0.15) is 39.8 Å². The van der Waals surface area contributed by atoms with Crippen LogP contribution in [0.25, 0.3) is 10.8 Å². The molecule has 3 unspecified atom stereocenters. The van der Waals surface area contributed by atoms with Gasteiger partial charge in [-0.05, 0) is 101 Å². The van der Waals surface area contributed by atoms with Gasteiger partial charge < -0.3 is 34.8 Å². The minimum Gasteiger partial charge on any atom is -0.504 e. The van der Waals surface area contributed by atoms with E-state index in [-0.39, 0.29) is 29.6 Å².